The molecule has 9 nitrogen and oxygen atoms in total. The zero-order valence-electron chi connectivity index (χ0n) is 52.1. The summed E-state index contributed by atoms with van der Waals surface area (Å²) in [5, 5.41) is 0. The molecule has 2 unspecified atom stereocenters. The van der Waals surface area contributed by atoms with Crippen LogP contribution in [-0.2, 0) is 32.7 Å². The van der Waals surface area contributed by atoms with Gasteiger partial charge in [-0.3, -0.25) is 18.6 Å². The second kappa shape index (κ2) is 65.3. The van der Waals surface area contributed by atoms with E-state index in [-0.39, 0.29) is 38.6 Å². The van der Waals surface area contributed by atoms with Crippen LogP contribution in [0.25, 0.3) is 0 Å². The van der Waals surface area contributed by atoms with Gasteiger partial charge in [-0.1, -0.05) is 317 Å². The molecule has 0 fully saturated rings. The van der Waals surface area contributed by atoms with Gasteiger partial charge in [-0.15, -0.1) is 0 Å². The number of unbranched alkanes of at least 4 members (excludes halogenated alkanes) is 36. The average Bonchev–Trinajstić information content (AvgIpc) is 3.45. The number of rotatable bonds is 63. The topological polar surface area (TPSA) is 134 Å². The van der Waals surface area contributed by atoms with E-state index in [1.54, 1.807) is 0 Å². The molecule has 0 rings (SSSR count). The summed E-state index contributed by atoms with van der Waals surface area (Å²) in [5.41, 5.74) is 5.40. The molecular weight excluding hydrogens is 1010 g/mol. The van der Waals surface area contributed by atoms with Crippen LogP contribution in [0.2, 0.25) is 0 Å². The summed E-state index contributed by atoms with van der Waals surface area (Å²) >= 11 is 0. The van der Waals surface area contributed by atoms with Crippen LogP contribution >= 0.6 is 7.82 Å². The molecule has 0 aliphatic heterocycles. The van der Waals surface area contributed by atoms with Gasteiger partial charge in [0.05, 0.1) is 13.2 Å². The van der Waals surface area contributed by atoms with E-state index in [2.05, 4.69) is 98.9 Å². The fourth-order valence-corrected chi connectivity index (χ4v) is 10.4. The first-order chi connectivity index (χ1) is 39.3. The van der Waals surface area contributed by atoms with E-state index in [0.717, 1.165) is 89.9 Å². The average molecular weight is 1140 g/mol. The molecule has 0 aliphatic carbocycles. The highest BCUT2D eigenvalue weighted by Crippen LogP contribution is 2.43. The summed E-state index contributed by atoms with van der Waals surface area (Å²) in [5.74, 6) is -0.832. The molecule has 0 spiro atoms. The van der Waals surface area contributed by atoms with E-state index in [4.69, 9.17) is 24.3 Å². The summed E-state index contributed by atoms with van der Waals surface area (Å²) in [6.45, 7) is 3.66. The molecule has 0 aromatic carbocycles. The number of ether oxygens (including phenoxy) is 2. The SMILES string of the molecule is CC/C=C\C/C=C\C/C=C\C/C=C\C/C=C\C/C=C\C/C=C\CCCCCCCCCC(=O)OC(COC(=O)CCCCCCCCCCCCCCCCCCCCCCCCCCCCCCCC)COP(=O)(O)OCCN. The van der Waals surface area contributed by atoms with E-state index in [0.29, 0.717) is 6.42 Å². The molecule has 0 aromatic rings. The van der Waals surface area contributed by atoms with Crippen molar-refractivity contribution in [1.82, 2.24) is 0 Å². The number of phosphoric acid groups is 1. The maximum atomic E-state index is 12.7. The molecule has 0 aromatic heterocycles. The summed E-state index contributed by atoms with van der Waals surface area (Å²) in [4.78, 5) is 35.3. The lowest BCUT2D eigenvalue weighted by atomic mass is 10.0. The van der Waals surface area contributed by atoms with Crippen molar-refractivity contribution in [1.29, 1.82) is 0 Å². The molecule has 2 atom stereocenters. The summed E-state index contributed by atoms with van der Waals surface area (Å²) in [7, 11) is -4.40. The number of allylic oxidation sites excluding steroid dienone is 14. The van der Waals surface area contributed by atoms with Gasteiger partial charge in [-0.25, -0.2) is 4.57 Å². The lowest BCUT2D eigenvalue weighted by molar-refractivity contribution is -0.161. The van der Waals surface area contributed by atoms with E-state index in [1.165, 1.54) is 193 Å². The van der Waals surface area contributed by atoms with Gasteiger partial charge in [0.15, 0.2) is 6.10 Å². The molecule has 0 amide bonds. The highest BCUT2D eigenvalue weighted by molar-refractivity contribution is 7.47. The number of carbonyl (C=O) groups is 2. The van der Waals surface area contributed by atoms with Gasteiger partial charge < -0.3 is 20.1 Å². The van der Waals surface area contributed by atoms with Gasteiger partial charge in [0.1, 0.15) is 6.61 Å². The van der Waals surface area contributed by atoms with Crippen LogP contribution in [-0.4, -0.2) is 49.3 Å². The first kappa shape index (κ1) is 77.2. The fraction of sp³-hybridized carbons (Fsp3) is 0.771. The molecule has 0 saturated carbocycles. The van der Waals surface area contributed by atoms with Crippen molar-refractivity contribution in [3.8, 4) is 0 Å². The molecule has 3 N–H and O–H groups in total. The van der Waals surface area contributed by atoms with Crippen LogP contribution in [0.3, 0.4) is 0 Å². The Morgan fingerprint density at radius 3 is 1.02 bits per heavy atom. The summed E-state index contributed by atoms with van der Waals surface area (Å²) in [6.07, 6.45) is 86.7. The molecule has 0 heterocycles. The van der Waals surface area contributed by atoms with E-state index in [1.807, 2.05) is 0 Å². The third-order valence-corrected chi connectivity index (χ3v) is 15.5. The Morgan fingerprint density at radius 1 is 0.388 bits per heavy atom. The molecule has 80 heavy (non-hydrogen) atoms. The number of carbonyl (C=O) groups excluding carboxylic acids is 2. The number of phosphoric ester groups is 1. The Kier molecular flexibility index (Phi) is 63.0. The maximum Gasteiger partial charge on any atom is 0.472 e. The van der Waals surface area contributed by atoms with Crippen LogP contribution in [0, 0.1) is 0 Å². The van der Waals surface area contributed by atoms with Crippen LogP contribution in [0.5, 0.6) is 0 Å². The van der Waals surface area contributed by atoms with Crippen LogP contribution in [0.1, 0.15) is 316 Å². The maximum absolute atomic E-state index is 12.7. The number of esters is 2. The van der Waals surface area contributed by atoms with Crippen molar-refractivity contribution in [2.75, 3.05) is 26.4 Å². The Bertz CT molecular complexity index is 1590. The highest BCUT2D eigenvalue weighted by Gasteiger charge is 2.26. The normalized spacial score (nSPS) is 13.5. The van der Waals surface area contributed by atoms with Gasteiger partial charge in [-0.05, 0) is 70.6 Å². The van der Waals surface area contributed by atoms with Crippen LogP contribution in [0.4, 0.5) is 0 Å². The lowest BCUT2D eigenvalue weighted by Crippen LogP contribution is -2.29. The smallest absolute Gasteiger partial charge is 0.462 e. The second-order valence-corrected chi connectivity index (χ2v) is 23.8. The van der Waals surface area contributed by atoms with E-state index < -0.39 is 26.5 Å². The first-order valence-electron chi connectivity index (χ1n) is 33.6. The summed E-state index contributed by atoms with van der Waals surface area (Å²) < 4.78 is 33.1. The lowest BCUT2D eigenvalue weighted by Gasteiger charge is -2.19. The first-order valence-corrected chi connectivity index (χ1v) is 35.1. The number of hydrogen-bond donors (Lipinski definition) is 2. The molecule has 0 aliphatic rings. The molecule has 464 valence electrons. The Hall–Kier alpha value is -2.81. The largest absolute Gasteiger partial charge is 0.472 e. The van der Waals surface area contributed by atoms with Crippen molar-refractivity contribution in [2.24, 2.45) is 5.73 Å². The zero-order valence-corrected chi connectivity index (χ0v) is 52.9. The second-order valence-electron chi connectivity index (χ2n) is 22.3. The molecule has 0 saturated heterocycles. The minimum absolute atomic E-state index is 0.0489. The van der Waals surface area contributed by atoms with Crippen molar-refractivity contribution in [3.63, 3.8) is 0 Å². The standard InChI is InChI=1S/C70H126NO8P/c1-3-5-7-9-11-13-15-17-19-21-23-25-27-29-31-33-35-36-38-40-42-44-46-48-50-52-54-56-58-60-62-69(72)76-66-68(67-78-80(74,75)77-65-64-71)79-70(73)63-61-59-57-55-53-51-49-47-45-43-41-39-37-34-32-30-28-26-24-22-20-18-16-14-12-10-8-6-4-2/h6,8,12,14,18,20,24,26,30,32,37,39,43,45,68H,3-5,7,9-11,13,15-17,19,21-23,25,27-29,31,33-36,38,40-42,44,46-67,71H2,1-2H3,(H,74,75)/b8-6-,14-12-,20-18-,26-24-,32-30-,39-37-,45-43-. The van der Waals surface area contributed by atoms with Crippen molar-refractivity contribution in [2.45, 2.75) is 322 Å². The molecule has 10 heteroatoms. The minimum atomic E-state index is -4.40. The van der Waals surface area contributed by atoms with E-state index in [9.17, 15) is 19.0 Å². The van der Waals surface area contributed by atoms with Crippen molar-refractivity contribution in [3.05, 3.63) is 85.1 Å². The van der Waals surface area contributed by atoms with Gasteiger partial charge in [0.2, 0.25) is 0 Å². The Morgan fingerprint density at radius 2 is 0.688 bits per heavy atom. The van der Waals surface area contributed by atoms with Gasteiger partial charge in [0.25, 0.3) is 0 Å². The quantitative estimate of drug-likeness (QED) is 0.0264. The van der Waals surface area contributed by atoms with E-state index >= 15 is 0 Å². The predicted molar refractivity (Wildman–Crippen MR) is 344 cm³/mol. The van der Waals surface area contributed by atoms with Gasteiger partial charge in [-0.2, -0.15) is 0 Å². The van der Waals surface area contributed by atoms with Crippen LogP contribution < -0.4 is 5.73 Å². The zero-order chi connectivity index (χ0) is 58.0. The summed E-state index contributed by atoms with van der Waals surface area (Å²) in [6, 6.07) is 0. The monoisotopic (exact) mass is 1140 g/mol. The predicted octanol–water partition coefficient (Wildman–Crippen LogP) is 21.8. The minimum Gasteiger partial charge on any atom is -0.462 e. The fourth-order valence-electron chi connectivity index (χ4n) is 9.62. The number of hydrogen-bond acceptors (Lipinski definition) is 8. The Labute approximate surface area is 494 Å². The molecule has 0 radical (unpaired) electrons. The highest BCUT2D eigenvalue weighted by atomic mass is 31.2. The number of nitrogens with two attached hydrogens (primary N) is 1. The Balaban J connectivity index is 3.92. The third kappa shape index (κ3) is 64.4. The van der Waals surface area contributed by atoms with Crippen molar-refractivity contribution < 1.29 is 37.6 Å². The van der Waals surface area contributed by atoms with Crippen molar-refractivity contribution >= 4 is 19.8 Å². The molecule has 0 bridgehead atoms. The van der Waals surface area contributed by atoms with Gasteiger partial charge >= 0.3 is 19.8 Å². The van der Waals surface area contributed by atoms with Gasteiger partial charge in [0, 0.05) is 19.4 Å². The molecular formula is C70H126NO8P. The third-order valence-electron chi connectivity index (χ3n) is 14.5. The van der Waals surface area contributed by atoms with Crippen LogP contribution in [0.15, 0.2) is 85.1 Å².